The molecule has 0 fully saturated rings. The maximum Gasteiger partial charge on any atom is 0.232 e. The molecule has 0 spiro atoms. The molecule has 2 heterocycles. The first-order chi connectivity index (χ1) is 10.3. The number of hydrogen-bond acceptors (Lipinski definition) is 2. The SMILES string of the molecule is Cc1c(C)n(CCC[NH+](C)C)c2nc[n+](CC(C)C)c(N)c12. The van der Waals surface area contributed by atoms with E-state index in [0.29, 0.717) is 5.92 Å². The van der Waals surface area contributed by atoms with Crippen molar-refractivity contribution >= 4 is 16.9 Å². The summed E-state index contributed by atoms with van der Waals surface area (Å²) in [5, 5.41) is 1.12. The molecule has 2 rings (SSSR count). The average molecular weight is 305 g/mol. The van der Waals surface area contributed by atoms with Gasteiger partial charge in [-0.15, -0.1) is 0 Å². The molecular weight excluding hydrogens is 274 g/mol. The summed E-state index contributed by atoms with van der Waals surface area (Å²) in [6.07, 6.45) is 3.04. The topological polar surface area (TPSA) is 52.2 Å². The second kappa shape index (κ2) is 6.65. The lowest BCUT2D eigenvalue weighted by atomic mass is 10.2. The minimum absolute atomic E-state index is 0.554. The van der Waals surface area contributed by atoms with Gasteiger partial charge in [-0.1, -0.05) is 18.8 Å². The van der Waals surface area contributed by atoms with Gasteiger partial charge in [0.25, 0.3) is 0 Å². The summed E-state index contributed by atoms with van der Waals surface area (Å²) in [7, 11) is 4.38. The number of nitrogens with two attached hydrogens (primary N) is 1. The second-order valence-electron chi connectivity index (χ2n) is 7.05. The highest BCUT2D eigenvalue weighted by molar-refractivity contribution is 5.89. The number of rotatable bonds is 6. The van der Waals surface area contributed by atoms with E-state index < -0.39 is 0 Å². The van der Waals surface area contributed by atoms with Gasteiger partial charge in [-0.3, -0.25) is 0 Å². The Morgan fingerprint density at radius 3 is 2.59 bits per heavy atom. The molecule has 0 atom stereocenters. The third-order valence-electron chi connectivity index (χ3n) is 4.31. The fourth-order valence-electron chi connectivity index (χ4n) is 3.02. The third kappa shape index (κ3) is 3.24. The normalized spacial score (nSPS) is 12.0. The molecule has 0 radical (unpaired) electrons. The highest BCUT2D eigenvalue weighted by Crippen LogP contribution is 2.26. The zero-order chi connectivity index (χ0) is 16.4. The van der Waals surface area contributed by atoms with Crippen LogP contribution in [0.1, 0.15) is 31.5 Å². The van der Waals surface area contributed by atoms with E-state index >= 15 is 0 Å². The Bertz CT molecular complexity index is 655. The van der Waals surface area contributed by atoms with Crippen LogP contribution >= 0.6 is 0 Å². The van der Waals surface area contributed by atoms with Gasteiger partial charge in [-0.05, 0) is 25.3 Å². The van der Waals surface area contributed by atoms with Crippen LogP contribution in [0.3, 0.4) is 0 Å². The number of hydrogen-bond donors (Lipinski definition) is 2. The summed E-state index contributed by atoms with van der Waals surface area (Å²) >= 11 is 0. The van der Waals surface area contributed by atoms with Crippen LogP contribution in [0.25, 0.3) is 11.0 Å². The summed E-state index contributed by atoms with van der Waals surface area (Å²) in [6, 6.07) is 0. The van der Waals surface area contributed by atoms with E-state index in [9.17, 15) is 0 Å². The number of nitrogens with one attached hydrogen (secondary N) is 1. The van der Waals surface area contributed by atoms with Crippen molar-refractivity contribution in [2.45, 2.75) is 47.2 Å². The van der Waals surface area contributed by atoms with Crippen molar-refractivity contribution in [1.82, 2.24) is 9.55 Å². The van der Waals surface area contributed by atoms with Gasteiger partial charge in [0.05, 0.1) is 27.2 Å². The van der Waals surface area contributed by atoms with E-state index in [-0.39, 0.29) is 0 Å². The summed E-state index contributed by atoms with van der Waals surface area (Å²) in [5.74, 6) is 1.40. The molecular formula is C17H31N5+2. The monoisotopic (exact) mass is 305 g/mol. The second-order valence-corrected chi connectivity index (χ2v) is 7.05. The number of anilines is 1. The van der Waals surface area contributed by atoms with E-state index in [1.807, 2.05) is 6.33 Å². The maximum atomic E-state index is 6.43. The Morgan fingerprint density at radius 1 is 1.32 bits per heavy atom. The van der Waals surface area contributed by atoms with E-state index in [4.69, 9.17) is 10.7 Å². The average Bonchev–Trinajstić information content (AvgIpc) is 2.66. The van der Waals surface area contributed by atoms with Gasteiger partial charge in [-0.2, -0.15) is 0 Å². The lowest BCUT2D eigenvalue weighted by Crippen LogP contribution is -3.05. The summed E-state index contributed by atoms with van der Waals surface area (Å²) in [5.41, 5.74) is 10.0. The fourth-order valence-corrected chi connectivity index (χ4v) is 3.02. The minimum atomic E-state index is 0.554. The standard InChI is InChI=1S/C17H29N5/c1-12(2)10-21-11-19-17-15(16(21)18)13(3)14(4)22(17)9-7-8-20(5)6/h11-12,18H,7-10H2,1-6H3/p+2. The summed E-state index contributed by atoms with van der Waals surface area (Å²) in [6.45, 7) is 11.8. The van der Waals surface area contributed by atoms with Crippen molar-refractivity contribution in [3.05, 3.63) is 17.6 Å². The maximum absolute atomic E-state index is 6.43. The van der Waals surface area contributed by atoms with Gasteiger partial charge in [0, 0.05) is 18.7 Å². The molecule has 5 nitrogen and oxygen atoms in total. The van der Waals surface area contributed by atoms with Crippen LogP contribution in [0, 0.1) is 19.8 Å². The van der Waals surface area contributed by atoms with Crippen LogP contribution in [-0.4, -0.2) is 30.2 Å². The molecule has 122 valence electrons. The number of nitrogens with zero attached hydrogens (tertiary/aromatic N) is 3. The zero-order valence-electron chi connectivity index (χ0n) is 14.9. The first-order valence-corrected chi connectivity index (χ1v) is 8.25. The van der Waals surface area contributed by atoms with Crippen LogP contribution in [0.5, 0.6) is 0 Å². The smallest absolute Gasteiger partial charge is 0.232 e. The van der Waals surface area contributed by atoms with Gasteiger partial charge in [-0.25, -0.2) is 4.57 Å². The molecule has 0 bridgehead atoms. The number of fused-ring (bicyclic) bond motifs is 1. The molecule has 3 N–H and O–H groups in total. The van der Waals surface area contributed by atoms with E-state index in [1.54, 1.807) is 0 Å². The quantitative estimate of drug-likeness (QED) is 0.773. The van der Waals surface area contributed by atoms with Crippen molar-refractivity contribution in [1.29, 1.82) is 0 Å². The third-order valence-corrected chi connectivity index (χ3v) is 4.31. The summed E-state index contributed by atoms with van der Waals surface area (Å²) in [4.78, 5) is 6.19. The van der Waals surface area contributed by atoms with Crippen LogP contribution < -0.4 is 15.2 Å². The van der Waals surface area contributed by atoms with Crippen LogP contribution in [0.2, 0.25) is 0 Å². The van der Waals surface area contributed by atoms with Crippen LogP contribution in [0.15, 0.2) is 6.33 Å². The number of nitrogen functional groups attached to an aromatic ring is 1. The molecule has 0 aliphatic heterocycles. The minimum Gasteiger partial charge on any atom is -0.340 e. The predicted octanol–water partition coefficient (Wildman–Crippen LogP) is 0.713. The van der Waals surface area contributed by atoms with Gasteiger partial charge in [0.2, 0.25) is 17.8 Å². The molecule has 0 saturated carbocycles. The number of aromatic nitrogens is 3. The Labute approximate surface area is 133 Å². The predicted molar refractivity (Wildman–Crippen MR) is 90.9 cm³/mol. The van der Waals surface area contributed by atoms with E-state index in [0.717, 1.165) is 42.9 Å². The lowest BCUT2D eigenvalue weighted by molar-refractivity contribution is -0.858. The molecule has 0 aromatic carbocycles. The molecule has 0 aliphatic rings. The van der Waals surface area contributed by atoms with Crippen molar-refractivity contribution in [3.63, 3.8) is 0 Å². The molecule has 0 saturated heterocycles. The van der Waals surface area contributed by atoms with Crippen molar-refractivity contribution in [2.24, 2.45) is 5.92 Å². The number of quaternary nitrogens is 1. The molecule has 5 heteroatoms. The fraction of sp³-hybridized carbons (Fsp3) is 0.647. The van der Waals surface area contributed by atoms with Crippen molar-refractivity contribution in [3.8, 4) is 0 Å². The summed E-state index contributed by atoms with van der Waals surface area (Å²) < 4.78 is 4.40. The molecule has 22 heavy (non-hydrogen) atoms. The van der Waals surface area contributed by atoms with Gasteiger partial charge in [0.1, 0.15) is 5.39 Å². The van der Waals surface area contributed by atoms with E-state index in [1.165, 1.54) is 16.2 Å². The first-order valence-electron chi connectivity index (χ1n) is 8.25. The van der Waals surface area contributed by atoms with Gasteiger partial charge in [0.15, 0.2) is 0 Å². The Hall–Kier alpha value is -1.62. The molecule has 2 aromatic rings. The number of aryl methyl sites for hydroxylation is 2. The Kier molecular flexibility index (Phi) is 5.06. The molecule has 0 aliphatic carbocycles. The molecule has 0 amide bonds. The van der Waals surface area contributed by atoms with Crippen molar-refractivity contribution < 1.29 is 9.47 Å². The van der Waals surface area contributed by atoms with Crippen LogP contribution in [-0.2, 0) is 13.1 Å². The highest BCUT2D eigenvalue weighted by atomic mass is 15.1. The van der Waals surface area contributed by atoms with Crippen LogP contribution in [0.4, 0.5) is 5.82 Å². The largest absolute Gasteiger partial charge is 0.340 e. The van der Waals surface area contributed by atoms with Gasteiger partial charge < -0.3 is 15.2 Å². The molecule has 0 unspecified atom stereocenters. The van der Waals surface area contributed by atoms with E-state index in [2.05, 4.69) is 50.9 Å². The molecule has 2 aromatic heterocycles. The highest BCUT2D eigenvalue weighted by Gasteiger charge is 2.21. The van der Waals surface area contributed by atoms with Gasteiger partial charge >= 0.3 is 0 Å². The Balaban J connectivity index is 2.43. The Morgan fingerprint density at radius 2 is 2.00 bits per heavy atom. The first kappa shape index (κ1) is 16.7. The lowest BCUT2D eigenvalue weighted by Gasteiger charge is -2.10. The zero-order valence-corrected chi connectivity index (χ0v) is 14.9. The van der Waals surface area contributed by atoms with Crippen molar-refractivity contribution in [2.75, 3.05) is 26.4 Å².